The molecule has 0 N–H and O–H groups in total. The molecule has 6 heteroatoms. The Balaban J connectivity index is 1.55. The van der Waals surface area contributed by atoms with Gasteiger partial charge in [-0.15, -0.1) is 0 Å². The minimum absolute atomic E-state index is 0.587. The molecule has 1 unspecified atom stereocenters. The first-order chi connectivity index (χ1) is 16.7. The van der Waals surface area contributed by atoms with Gasteiger partial charge in [0.25, 0.3) is 0 Å². The van der Waals surface area contributed by atoms with E-state index in [0.29, 0.717) is 39.4 Å². The van der Waals surface area contributed by atoms with E-state index in [9.17, 15) is 0 Å². The van der Waals surface area contributed by atoms with Gasteiger partial charge in [0.05, 0.1) is 22.0 Å². The summed E-state index contributed by atoms with van der Waals surface area (Å²) in [6, 6.07) is 27.6. The highest BCUT2D eigenvalue weighted by Crippen LogP contribution is 2.68. The van der Waals surface area contributed by atoms with E-state index in [2.05, 4.69) is 17.0 Å². The van der Waals surface area contributed by atoms with Gasteiger partial charge in [-0.05, 0) is 47.9 Å². The first-order valence-electron chi connectivity index (χ1n) is 11.1. The molecule has 0 saturated carbocycles. The van der Waals surface area contributed by atoms with Gasteiger partial charge < -0.3 is 23.7 Å². The maximum absolute atomic E-state index is 15.6. The number of nitrogens with zero attached hydrogens (tertiary/aromatic N) is 1. The van der Waals surface area contributed by atoms with Gasteiger partial charge >= 0.3 is 0 Å². The third kappa shape index (κ3) is 1.75. The predicted molar refractivity (Wildman–Crippen MR) is 132 cm³/mol. The van der Waals surface area contributed by atoms with Crippen LogP contribution < -0.4 is 35.0 Å². The van der Waals surface area contributed by atoms with Gasteiger partial charge in [0.15, 0.2) is 18.6 Å². The molecule has 4 aliphatic heterocycles. The minimum Gasteiger partial charge on any atom is -0.456 e. The summed E-state index contributed by atoms with van der Waals surface area (Å²) < 4.78 is 34.8. The fraction of sp³-hybridized carbons (Fsp3) is 0. The molecule has 5 aromatic carbocycles. The Morgan fingerprint density at radius 3 is 2.24 bits per heavy atom. The summed E-state index contributed by atoms with van der Waals surface area (Å²) in [6.07, 6.45) is 0. The van der Waals surface area contributed by atoms with Crippen LogP contribution in [-0.2, 0) is 4.57 Å². The Hall–Kier alpha value is -4.21. The molecule has 5 nitrogen and oxygen atoms in total. The first-order valence-corrected chi connectivity index (χ1v) is 12.8. The smallest absolute Gasteiger partial charge is 0.190 e. The van der Waals surface area contributed by atoms with Gasteiger partial charge in [0.1, 0.15) is 34.0 Å². The van der Waals surface area contributed by atoms with Crippen molar-refractivity contribution in [3.8, 4) is 34.5 Å². The van der Waals surface area contributed by atoms with E-state index in [4.69, 9.17) is 14.2 Å². The van der Waals surface area contributed by atoms with E-state index in [-0.39, 0.29) is 0 Å². The fourth-order valence-corrected chi connectivity index (χ4v) is 9.26. The number of ether oxygens (including phenoxy) is 3. The zero-order chi connectivity index (χ0) is 22.2. The molecule has 4 heterocycles. The van der Waals surface area contributed by atoms with Crippen LogP contribution in [0.5, 0.6) is 34.5 Å². The largest absolute Gasteiger partial charge is 0.456 e. The molecule has 160 valence electrons. The van der Waals surface area contributed by atoms with E-state index in [1.807, 2.05) is 72.8 Å². The topological polar surface area (TPSA) is 48.0 Å². The summed E-state index contributed by atoms with van der Waals surface area (Å²) >= 11 is 0. The Bertz CT molecular complexity index is 1840. The molecule has 0 bridgehead atoms. The van der Waals surface area contributed by atoms with Crippen LogP contribution in [0.2, 0.25) is 0 Å². The van der Waals surface area contributed by atoms with Crippen LogP contribution in [0.25, 0.3) is 10.8 Å². The quantitative estimate of drug-likeness (QED) is 0.240. The molecule has 4 aliphatic rings. The van der Waals surface area contributed by atoms with Gasteiger partial charge in [-0.3, -0.25) is 0 Å². The third-order valence-corrected chi connectivity index (χ3v) is 10.4. The molecule has 0 spiro atoms. The average Bonchev–Trinajstić information content (AvgIpc) is 2.86. The lowest BCUT2D eigenvalue weighted by Crippen LogP contribution is -2.43. The van der Waals surface area contributed by atoms with Crippen LogP contribution in [0.15, 0.2) is 84.9 Å². The lowest BCUT2D eigenvalue weighted by molar-refractivity contribution is 0.456. The van der Waals surface area contributed by atoms with E-state index in [1.165, 1.54) is 0 Å². The summed E-state index contributed by atoms with van der Waals surface area (Å²) in [4.78, 5) is 2.17. The van der Waals surface area contributed by atoms with Crippen molar-refractivity contribution >= 4 is 50.9 Å². The van der Waals surface area contributed by atoms with Crippen molar-refractivity contribution in [2.24, 2.45) is 0 Å². The van der Waals surface area contributed by atoms with Crippen LogP contribution in [0.3, 0.4) is 0 Å². The lowest BCUT2D eigenvalue weighted by atomic mass is 10.0. The predicted octanol–water partition coefficient (Wildman–Crippen LogP) is 6.58. The number of hydrogen-bond acceptors (Lipinski definition) is 5. The summed E-state index contributed by atoms with van der Waals surface area (Å²) in [5.74, 6) is 3.86. The number of anilines is 3. The second kappa shape index (κ2) is 5.46. The van der Waals surface area contributed by atoms with Crippen LogP contribution in [-0.4, -0.2) is 0 Å². The highest BCUT2D eigenvalue weighted by Gasteiger charge is 2.55. The van der Waals surface area contributed by atoms with Crippen molar-refractivity contribution in [2.75, 3.05) is 4.90 Å². The molecule has 34 heavy (non-hydrogen) atoms. The van der Waals surface area contributed by atoms with Crippen LogP contribution in [0.4, 0.5) is 17.1 Å². The molecule has 5 aromatic rings. The average molecular weight is 459 g/mol. The summed E-state index contributed by atoms with van der Waals surface area (Å²) in [5.41, 5.74) is 2.55. The van der Waals surface area contributed by atoms with Crippen molar-refractivity contribution in [3.05, 3.63) is 84.9 Å². The van der Waals surface area contributed by atoms with Crippen molar-refractivity contribution in [2.45, 2.75) is 0 Å². The molecule has 0 amide bonds. The molecule has 1 atom stereocenters. The Morgan fingerprint density at radius 1 is 0.588 bits per heavy atom. The maximum atomic E-state index is 15.6. The van der Waals surface area contributed by atoms with Gasteiger partial charge in [-0.25, -0.2) is 0 Å². The van der Waals surface area contributed by atoms with Crippen molar-refractivity contribution in [1.29, 1.82) is 0 Å². The Kier molecular flexibility index (Phi) is 2.78. The Morgan fingerprint density at radius 2 is 1.29 bits per heavy atom. The summed E-state index contributed by atoms with van der Waals surface area (Å²) in [5, 5.41) is 4.03. The number of benzene rings is 5. The van der Waals surface area contributed by atoms with Gasteiger partial charge in [0.2, 0.25) is 0 Å². The van der Waals surface area contributed by atoms with E-state index < -0.39 is 7.14 Å². The minimum atomic E-state index is -3.32. The Labute approximate surface area is 194 Å². The lowest BCUT2D eigenvalue weighted by Gasteiger charge is -2.45. The van der Waals surface area contributed by atoms with Crippen molar-refractivity contribution in [1.82, 2.24) is 0 Å². The first kappa shape index (κ1) is 17.3. The van der Waals surface area contributed by atoms with E-state index in [0.717, 1.165) is 38.9 Å². The normalized spacial score (nSPS) is 18.9. The second-order valence-corrected chi connectivity index (χ2v) is 11.4. The van der Waals surface area contributed by atoms with Crippen molar-refractivity contribution < 1.29 is 18.8 Å². The molecule has 9 rings (SSSR count). The standard InChI is InChI=1S/C28H14NO4P/c30-34-26-18-14-15-6-1-2-7-16(15)25(26)33-22-11-5-10-21(27(22)34)32-23-13-12-20-24(28(23)34)29(18)17-8-3-4-9-19(17)31-20/h1-14H. The number of rotatable bonds is 0. The molecule has 0 saturated heterocycles. The summed E-state index contributed by atoms with van der Waals surface area (Å²) in [7, 11) is -3.32. The van der Waals surface area contributed by atoms with Crippen LogP contribution in [0.1, 0.15) is 0 Å². The summed E-state index contributed by atoms with van der Waals surface area (Å²) in [6.45, 7) is 0. The molecule has 0 aromatic heterocycles. The van der Waals surface area contributed by atoms with Crippen molar-refractivity contribution in [3.63, 3.8) is 0 Å². The zero-order valence-electron chi connectivity index (χ0n) is 17.6. The highest BCUT2D eigenvalue weighted by molar-refractivity contribution is 7.87. The fourth-order valence-electron chi connectivity index (χ4n) is 5.85. The maximum Gasteiger partial charge on any atom is 0.190 e. The second-order valence-electron chi connectivity index (χ2n) is 8.88. The third-order valence-electron chi connectivity index (χ3n) is 7.16. The molecule has 0 aliphatic carbocycles. The zero-order valence-corrected chi connectivity index (χ0v) is 18.5. The van der Waals surface area contributed by atoms with E-state index in [1.54, 1.807) is 0 Å². The van der Waals surface area contributed by atoms with E-state index >= 15 is 4.57 Å². The number of para-hydroxylation sites is 2. The molecular formula is C28H14NO4P. The number of hydrogen-bond donors (Lipinski definition) is 0. The van der Waals surface area contributed by atoms with Gasteiger partial charge in [-0.2, -0.15) is 0 Å². The van der Waals surface area contributed by atoms with Crippen LogP contribution in [0, 0.1) is 0 Å². The highest BCUT2D eigenvalue weighted by atomic mass is 31.2. The molecular weight excluding hydrogens is 445 g/mol. The monoisotopic (exact) mass is 459 g/mol. The molecule has 0 radical (unpaired) electrons. The van der Waals surface area contributed by atoms with Gasteiger partial charge in [0, 0.05) is 5.39 Å². The SMILES string of the molecule is O=P12c3c4cccc3Oc3c1c(cc1ccccc31)N1c3ccccc3Oc3ccc(c2c31)O4. The van der Waals surface area contributed by atoms with Gasteiger partial charge in [-0.1, -0.05) is 42.5 Å². The number of fused-ring (bicyclic) bond motifs is 5. The van der Waals surface area contributed by atoms with Crippen LogP contribution >= 0.6 is 7.14 Å². The molecule has 0 fully saturated rings.